The SMILES string of the molecule is CN(C)CCOCCNC(=O)C(N)c1cccs1. The van der Waals surface area contributed by atoms with E-state index in [1.165, 1.54) is 11.3 Å². The van der Waals surface area contributed by atoms with Gasteiger partial charge in [-0.05, 0) is 25.5 Å². The van der Waals surface area contributed by atoms with E-state index in [2.05, 4.69) is 5.32 Å². The molecule has 0 fully saturated rings. The number of hydrogen-bond donors (Lipinski definition) is 2. The highest BCUT2D eigenvalue weighted by Crippen LogP contribution is 2.16. The molecule has 0 aliphatic carbocycles. The van der Waals surface area contributed by atoms with Gasteiger partial charge in [0.1, 0.15) is 6.04 Å². The summed E-state index contributed by atoms with van der Waals surface area (Å²) in [6.07, 6.45) is 0. The van der Waals surface area contributed by atoms with Gasteiger partial charge >= 0.3 is 0 Å². The highest BCUT2D eigenvalue weighted by Gasteiger charge is 2.15. The van der Waals surface area contributed by atoms with Crippen LogP contribution in [-0.4, -0.2) is 51.2 Å². The Bertz CT molecular complexity index is 341. The normalized spacial score (nSPS) is 12.7. The second-order valence-electron chi connectivity index (χ2n) is 4.20. The summed E-state index contributed by atoms with van der Waals surface area (Å²) in [5.41, 5.74) is 5.81. The van der Waals surface area contributed by atoms with Gasteiger partial charge in [-0.15, -0.1) is 11.3 Å². The Balaban J connectivity index is 2.10. The lowest BCUT2D eigenvalue weighted by Gasteiger charge is -2.12. The van der Waals surface area contributed by atoms with Crippen LogP contribution in [0.4, 0.5) is 0 Å². The average molecular weight is 271 g/mol. The van der Waals surface area contributed by atoms with Crippen LogP contribution in [-0.2, 0) is 9.53 Å². The van der Waals surface area contributed by atoms with Crippen LogP contribution in [0.2, 0.25) is 0 Å². The molecule has 3 N–H and O–H groups in total. The van der Waals surface area contributed by atoms with Gasteiger partial charge < -0.3 is 20.7 Å². The molecule has 1 aromatic heterocycles. The van der Waals surface area contributed by atoms with Crippen LogP contribution in [0.1, 0.15) is 10.9 Å². The minimum Gasteiger partial charge on any atom is -0.378 e. The summed E-state index contributed by atoms with van der Waals surface area (Å²) in [6, 6.07) is 3.17. The molecule has 6 heteroatoms. The van der Waals surface area contributed by atoms with Crippen molar-refractivity contribution < 1.29 is 9.53 Å². The summed E-state index contributed by atoms with van der Waals surface area (Å²) in [5, 5.41) is 4.67. The van der Waals surface area contributed by atoms with Gasteiger partial charge in [-0.25, -0.2) is 0 Å². The van der Waals surface area contributed by atoms with E-state index in [1.807, 2.05) is 36.5 Å². The van der Waals surface area contributed by atoms with Crippen LogP contribution in [0.5, 0.6) is 0 Å². The first kappa shape index (κ1) is 15.1. The average Bonchev–Trinajstić information content (AvgIpc) is 2.85. The second kappa shape index (κ2) is 8.20. The number of amides is 1. The van der Waals surface area contributed by atoms with E-state index in [1.54, 1.807) is 0 Å². The number of carbonyl (C=O) groups excluding carboxylic acids is 1. The Morgan fingerprint density at radius 1 is 1.56 bits per heavy atom. The van der Waals surface area contributed by atoms with Gasteiger partial charge in [0.05, 0.1) is 13.2 Å². The van der Waals surface area contributed by atoms with E-state index in [-0.39, 0.29) is 5.91 Å². The molecule has 0 aliphatic rings. The van der Waals surface area contributed by atoms with Gasteiger partial charge in [0.2, 0.25) is 5.91 Å². The van der Waals surface area contributed by atoms with Crippen LogP contribution in [0.15, 0.2) is 17.5 Å². The maximum absolute atomic E-state index is 11.7. The van der Waals surface area contributed by atoms with Gasteiger partial charge in [-0.3, -0.25) is 4.79 Å². The fraction of sp³-hybridized carbons (Fsp3) is 0.583. The number of nitrogens with one attached hydrogen (secondary N) is 1. The quantitative estimate of drug-likeness (QED) is 0.673. The van der Waals surface area contributed by atoms with Crippen molar-refractivity contribution in [1.82, 2.24) is 10.2 Å². The molecular weight excluding hydrogens is 250 g/mol. The lowest BCUT2D eigenvalue weighted by molar-refractivity contribution is -0.122. The molecule has 1 unspecified atom stereocenters. The lowest BCUT2D eigenvalue weighted by Crippen LogP contribution is -2.35. The largest absolute Gasteiger partial charge is 0.378 e. The third-order valence-electron chi connectivity index (χ3n) is 2.36. The highest BCUT2D eigenvalue weighted by atomic mass is 32.1. The number of nitrogens with zero attached hydrogens (tertiary/aromatic N) is 1. The van der Waals surface area contributed by atoms with Gasteiger partial charge in [-0.2, -0.15) is 0 Å². The minimum absolute atomic E-state index is 0.159. The number of rotatable bonds is 8. The number of nitrogens with two attached hydrogens (primary N) is 1. The molecular formula is C12H21N3O2S. The van der Waals surface area contributed by atoms with E-state index < -0.39 is 6.04 Å². The fourth-order valence-electron chi connectivity index (χ4n) is 1.30. The van der Waals surface area contributed by atoms with Crippen molar-refractivity contribution in [3.05, 3.63) is 22.4 Å². The molecule has 0 radical (unpaired) electrons. The molecule has 0 aromatic carbocycles. The molecule has 1 amide bonds. The number of ether oxygens (including phenoxy) is 1. The summed E-state index contributed by atoms with van der Waals surface area (Å²) in [4.78, 5) is 14.6. The van der Waals surface area contributed by atoms with E-state index in [0.717, 1.165) is 11.4 Å². The fourth-order valence-corrected chi connectivity index (χ4v) is 2.03. The maximum Gasteiger partial charge on any atom is 0.242 e. The van der Waals surface area contributed by atoms with Crippen LogP contribution in [0, 0.1) is 0 Å². The number of carbonyl (C=O) groups is 1. The zero-order valence-electron chi connectivity index (χ0n) is 10.9. The van der Waals surface area contributed by atoms with Gasteiger partial charge in [0.15, 0.2) is 0 Å². The number of hydrogen-bond acceptors (Lipinski definition) is 5. The molecule has 1 heterocycles. The number of likely N-dealkylation sites (N-methyl/N-ethyl adjacent to an activating group) is 1. The van der Waals surface area contributed by atoms with Crippen LogP contribution < -0.4 is 11.1 Å². The first-order valence-electron chi connectivity index (χ1n) is 5.90. The zero-order valence-corrected chi connectivity index (χ0v) is 11.7. The van der Waals surface area contributed by atoms with Gasteiger partial charge in [0.25, 0.3) is 0 Å². The van der Waals surface area contributed by atoms with Crippen LogP contribution in [0.25, 0.3) is 0 Å². The smallest absolute Gasteiger partial charge is 0.242 e. The molecule has 5 nitrogen and oxygen atoms in total. The Morgan fingerprint density at radius 3 is 2.94 bits per heavy atom. The maximum atomic E-state index is 11.7. The van der Waals surface area contributed by atoms with Crippen molar-refractivity contribution in [2.45, 2.75) is 6.04 Å². The van der Waals surface area contributed by atoms with E-state index in [4.69, 9.17) is 10.5 Å². The van der Waals surface area contributed by atoms with Crippen molar-refractivity contribution in [3.8, 4) is 0 Å². The molecule has 1 atom stereocenters. The molecule has 0 saturated heterocycles. The summed E-state index contributed by atoms with van der Waals surface area (Å²) < 4.78 is 5.37. The van der Waals surface area contributed by atoms with Crippen molar-refractivity contribution >= 4 is 17.2 Å². The minimum atomic E-state index is -0.577. The lowest BCUT2D eigenvalue weighted by atomic mass is 10.2. The Labute approximate surface area is 112 Å². The molecule has 0 saturated carbocycles. The summed E-state index contributed by atoms with van der Waals surface area (Å²) in [5.74, 6) is -0.159. The molecule has 0 bridgehead atoms. The highest BCUT2D eigenvalue weighted by molar-refractivity contribution is 7.10. The monoisotopic (exact) mass is 271 g/mol. The summed E-state index contributed by atoms with van der Waals surface area (Å²) in [7, 11) is 3.98. The van der Waals surface area contributed by atoms with Gasteiger partial charge in [0, 0.05) is 18.0 Å². The molecule has 18 heavy (non-hydrogen) atoms. The zero-order chi connectivity index (χ0) is 13.4. The topological polar surface area (TPSA) is 67.6 Å². The van der Waals surface area contributed by atoms with E-state index in [0.29, 0.717) is 19.8 Å². The van der Waals surface area contributed by atoms with E-state index >= 15 is 0 Å². The number of thiophene rings is 1. The molecule has 0 spiro atoms. The van der Waals surface area contributed by atoms with Crippen LogP contribution >= 0.6 is 11.3 Å². The predicted octanol–water partition coefficient (Wildman–Crippen LogP) is 0.442. The Morgan fingerprint density at radius 2 is 2.33 bits per heavy atom. The van der Waals surface area contributed by atoms with Crippen molar-refractivity contribution in [2.24, 2.45) is 5.73 Å². The van der Waals surface area contributed by atoms with Crippen molar-refractivity contribution in [2.75, 3.05) is 40.4 Å². The van der Waals surface area contributed by atoms with Crippen molar-refractivity contribution in [3.63, 3.8) is 0 Å². The molecule has 1 rings (SSSR count). The Hall–Kier alpha value is -0.950. The molecule has 0 aliphatic heterocycles. The third-order valence-corrected chi connectivity index (χ3v) is 3.32. The third kappa shape index (κ3) is 5.59. The standard InChI is InChI=1S/C12H21N3O2S/c1-15(2)6-8-17-7-5-14-12(16)11(13)10-4-3-9-18-10/h3-4,9,11H,5-8,13H2,1-2H3,(H,14,16). The van der Waals surface area contributed by atoms with E-state index in [9.17, 15) is 4.79 Å². The first-order chi connectivity index (χ1) is 8.61. The first-order valence-corrected chi connectivity index (χ1v) is 6.78. The molecule has 102 valence electrons. The summed E-state index contributed by atoms with van der Waals surface area (Å²) in [6.45, 7) is 2.55. The molecule has 1 aromatic rings. The second-order valence-corrected chi connectivity index (χ2v) is 5.18. The Kier molecular flexibility index (Phi) is 6.89. The van der Waals surface area contributed by atoms with Crippen molar-refractivity contribution in [1.29, 1.82) is 0 Å². The summed E-state index contributed by atoms with van der Waals surface area (Å²) >= 11 is 1.49. The van der Waals surface area contributed by atoms with Gasteiger partial charge in [-0.1, -0.05) is 6.07 Å². The predicted molar refractivity (Wildman–Crippen MR) is 73.6 cm³/mol. The van der Waals surface area contributed by atoms with Crippen LogP contribution in [0.3, 0.4) is 0 Å².